The summed E-state index contributed by atoms with van der Waals surface area (Å²) in [4.78, 5) is 11.3. The van der Waals surface area contributed by atoms with E-state index in [0.717, 1.165) is 17.7 Å². The van der Waals surface area contributed by atoms with Crippen LogP contribution in [0.2, 0.25) is 0 Å². The maximum atomic E-state index is 11.3. The van der Waals surface area contributed by atoms with Crippen LogP contribution in [0.4, 0.5) is 0 Å². The summed E-state index contributed by atoms with van der Waals surface area (Å²) in [6, 6.07) is 7.62. The number of carbonyl (C=O) groups is 1. The molecule has 0 spiro atoms. The molecule has 0 aliphatic carbocycles. The highest BCUT2D eigenvalue weighted by molar-refractivity contribution is 5.80. The highest BCUT2D eigenvalue weighted by Crippen LogP contribution is 2.19. The SMILES string of the molecule is CNC(=O)C(C)Oc1ccccc1CCN. The van der Waals surface area contributed by atoms with Gasteiger partial charge in [-0.2, -0.15) is 0 Å². The third kappa shape index (κ3) is 3.24. The van der Waals surface area contributed by atoms with Crippen LogP contribution in [0.15, 0.2) is 24.3 Å². The van der Waals surface area contributed by atoms with Gasteiger partial charge in [-0.05, 0) is 31.5 Å². The Balaban J connectivity index is 2.75. The lowest BCUT2D eigenvalue weighted by atomic mass is 10.1. The molecule has 4 nitrogen and oxygen atoms in total. The Labute approximate surface area is 95.8 Å². The quantitative estimate of drug-likeness (QED) is 0.771. The second-order valence-corrected chi connectivity index (χ2v) is 3.52. The van der Waals surface area contributed by atoms with Crippen LogP contribution in [0.1, 0.15) is 12.5 Å². The molecule has 1 rings (SSSR count). The van der Waals surface area contributed by atoms with E-state index in [2.05, 4.69) is 5.32 Å². The maximum absolute atomic E-state index is 11.3. The smallest absolute Gasteiger partial charge is 0.260 e. The number of ether oxygens (including phenoxy) is 1. The molecule has 0 aliphatic heterocycles. The fourth-order valence-electron chi connectivity index (χ4n) is 1.43. The summed E-state index contributed by atoms with van der Waals surface area (Å²) >= 11 is 0. The van der Waals surface area contributed by atoms with Gasteiger partial charge < -0.3 is 15.8 Å². The number of hydrogen-bond donors (Lipinski definition) is 2. The molecule has 1 aromatic carbocycles. The van der Waals surface area contributed by atoms with Crippen LogP contribution < -0.4 is 15.8 Å². The van der Waals surface area contributed by atoms with Crippen molar-refractivity contribution in [3.63, 3.8) is 0 Å². The van der Waals surface area contributed by atoms with Gasteiger partial charge in [-0.15, -0.1) is 0 Å². The molecule has 1 amide bonds. The highest BCUT2D eigenvalue weighted by Gasteiger charge is 2.13. The summed E-state index contributed by atoms with van der Waals surface area (Å²) in [6.07, 6.45) is 0.250. The van der Waals surface area contributed by atoms with Gasteiger partial charge in [0, 0.05) is 7.05 Å². The first-order valence-electron chi connectivity index (χ1n) is 5.35. The van der Waals surface area contributed by atoms with E-state index in [9.17, 15) is 4.79 Å². The molecule has 1 aromatic rings. The molecule has 0 aliphatic rings. The van der Waals surface area contributed by atoms with Crippen LogP contribution in [-0.2, 0) is 11.2 Å². The molecule has 0 bridgehead atoms. The minimum absolute atomic E-state index is 0.137. The summed E-state index contributed by atoms with van der Waals surface area (Å²) in [5.41, 5.74) is 6.54. The molecule has 0 radical (unpaired) electrons. The average molecular weight is 222 g/mol. The lowest BCUT2D eigenvalue weighted by Gasteiger charge is -2.15. The van der Waals surface area contributed by atoms with E-state index in [1.54, 1.807) is 14.0 Å². The van der Waals surface area contributed by atoms with Crippen molar-refractivity contribution in [3.05, 3.63) is 29.8 Å². The van der Waals surface area contributed by atoms with Crippen molar-refractivity contribution in [3.8, 4) is 5.75 Å². The third-order valence-electron chi connectivity index (χ3n) is 2.31. The average Bonchev–Trinajstić information content (AvgIpc) is 2.31. The Bertz CT molecular complexity index is 353. The molecule has 3 N–H and O–H groups in total. The van der Waals surface area contributed by atoms with Gasteiger partial charge in [-0.1, -0.05) is 18.2 Å². The van der Waals surface area contributed by atoms with Crippen molar-refractivity contribution in [2.45, 2.75) is 19.4 Å². The number of rotatable bonds is 5. The van der Waals surface area contributed by atoms with Crippen molar-refractivity contribution >= 4 is 5.91 Å². The van der Waals surface area contributed by atoms with Gasteiger partial charge in [0.05, 0.1) is 0 Å². The first-order chi connectivity index (χ1) is 7.69. The Morgan fingerprint density at radius 2 is 2.19 bits per heavy atom. The summed E-state index contributed by atoms with van der Waals surface area (Å²) < 4.78 is 5.58. The molecular weight excluding hydrogens is 204 g/mol. The van der Waals surface area contributed by atoms with E-state index >= 15 is 0 Å². The highest BCUT2D eigenvalue weighted by atomic mass is 16.5. The Hall–Kier alpha value is -1.55. The molecule has 0 heterocycles. The standard InChI is InChI=1S/C12H18N2O2/c1-9(12(15)14-2)16-11-6-4-3-5-10(11)7-8-13/h3-6,9H,7-8,13H2,1-2H3,(H,14,15). The maximum Gasteiger partial charge on any atom is 0.260 e. The fraction of sp³-hybridized carbons (Fsp3) is 0.417. The lowest BCUT2D eigenvalue weighted by Crippen LogP contribution is -2.34. The molecule has 0 saturated heterocycles. The monoisotopic (exact) mass is 222 g/mol. The summed E-state index contributed by atoms with van der Waals surface area (Å²) in [5.74, 6) is 0.589. The van der Waals surface area contributed by atoms with E-state index in [1.807, 2.05) is 24.3 Å². The lowest BCUT2D eigenvalue weighted by molar-refractivity contribution is -0.126. The van der Waals surface area contributed by atoms with Crippen LogP contribution in [0.25, 0.3) is 0 Å². The largest absolute Gasteiger partial charge is 0.481 e. The van der Waals surface area contributed by atoms with Crippen molar-refractivity contribution in [2.24, 2.45) is 5.73 Å². The normalized spacial score (nSPS) is 11.9. The first kappa shape index (κ1) is 12.5. The van der Waals surface area contributed by atoms with Gasteiger partial charge in [0.15, 0.2) is 6.10 Å². The van der Waals surface area contributed by atoms with Gasteiger partial charge in [0.1, 0.15) is 5.75 Å². The molecule has 1 atom stereocenters. The molecular formula is C12H18N2O2. The minimum Gasteiger partial charge on any atom is -0.481 e. The number of likely N-dealkylation sites (N-methyl/N-ethyl adjacent to an activating group) is 1. The number of carbonyl (C=O) groups excluding carboxylic acids is 1. The molecule has 0 fully saturated rings. The first-order valence-corrected chi connectivity index (χ1v) is 5.35. The molecule has 1 unspecified atom stereocenters. The van der Waals surface area contributed by atoms with Gasteiger partial charge in [-0.25, -0.2) is 0 Å². The third-order valence-corrected chi connectivity index (χ3v) is 2.31. The fourth-order valence-corrected chi connectivity index (χ4v) is 1.43. The van der Waals surface area contributed by atoms with E-state index < -0.39 is 6.10 Å². The van der Waals surface area contributed by atoms with E-state index in [1.165, 1.54) is 0 Å². The zero-order valence-electron chi connectivity index (χ0n) is 9.69. The van der Waals surface area contributed by atoms with Crippen LogP contribution in [0.5, 0.6) is 5.75 Å². The van der Waals surface area contributed by atoms with Gasteiger partial charge in [-0.3, -0.25) is 4.79 Å². The number of benzene rings is 1. The molecule has 0 saturated carbocycles. The topological polar surface area (TPSA) is 64.3 Å². The Morgan fingerprint density at radius 1 is 1.50 bits per heavy atom. The van der Waals surface area contributed by atoms with Gasteiger partial charge in [0.2, 0.25) is 0 Å². The van der Waals surface area contributed by atoms with Gasteiger partial charge >= 0.3 is 0 Å². The van der Waals surface area contributed by atoms with Gasteiger partial charge in [0.25, 0.3) is 5.91 Å². The summed E-state index contributed by atoms with van der Waals surface area (Å²) in [7, 11) is 1.59. The van der Waals surface area contributed by atoms with Crippen molar-refractivity contribution in [2.75, 3.05) is 13.6 Å². The molecule has 16 heavy (non-hydrogen) atoms. The van der Waals surface area contributed by atoms with Crippen LogP contribution >= 0.6 is 0 Å². The summed E-state index contributed by atoms with van der Waals surface area (Å²) in [6.45, 7) is 2.28. The number of amides is 1. The van der Waals surface area contributed by atoms with Crippen LogP contribution in [0, 0.1) is 0 Å². The Kier molecular flexibility index (Phi) is 4.79. The number of nitrogens with two attached hydrogens (primary N) is 1. The van der Waals surface area contributed by atoms with Crippen molar-refractivity contribution < 1.29 is 9.53 Å². The summed E-state index contributed by atoms with van der Waals surface area (Å²) in [5, 5.41) is 2.55. The Morgan fingerprint density at radius 3 is 2.81 bits per heavy atom. The second kappa shape index (κ2) is 6.12. The number of hydrogen-bond acceptors (Lipinski definition) is 3. The van der Waals surface area contributed by atoms with Crippen LogP contribution in [0.3, 0.4) is 0 Å². The van der Waals surface area contributed by atoms with E-state index in [0.29, 0.717) is 6.54 Å². The van der Waals surface area contributed by atoms with E-state index in [-0.39, 0.29) is 5.91 Å². The molecule has 88 valence electrons. The van der Waals surface area contributed by atoms with Crippen molar-refractivity contribution in [1.82, 2.24) is 5.32 Å². The predicted octanol–water partition coefficient (Wildman–Crippen LogP) is 0.701. The zero-order chi connectivity index (χ0) is 12.0. The predicted molar refractivity (Wildman–Crippen MR) is 63.4 cm³/mol. The molecule has 4 heteroatoms. The van der Waals surface area contributed by atoms with Crippen LogP contribution in [-0.4, -0.2) is 25.6 Å². The van der Waals surface area contributed by atoms with Crippen molar-refractivity contribution in [1.29, 1.82) is 0 Å². The number of para-hydroxylation sites is 1. The molecule has 0 aromatic heterocycles. The van der Waals surface area contributed by atoms with E-state index in [4.69, 9.17) is 10.5 Å². The zero-order valence-corrected chi connectivity index (χ0v) is 9.69. The number of nitrogens with one attached hydrogen (secondary N) is 1. The second-order valence-electron chi connectivity index (χ2n) is 3.52. The minimum atomic E-state index is -0.496.